The Hall–Kier alpha value is -1.89. The van der Waals surface area contributed by atoms with Crippen LogP contribution in [0.4, 0.5) is 0 Å². The van der Waals surface area contributed by atoms with Crippen molar-refractivity contribution in [2.24, 2.45) is 0 Å². The second kappa shape index (κ2) is 5.83. The van der Waals surface area contributed by atoms with Gasteiger partial charge < -0.3 is 15.0 Å². The van der Waals surface area contributed by atoms with Gasteiger partial charge in [0.15, 0.2) is 0 Å². The summed E-state index contributed by atoms with van der Waals surface area (Å²) in [4.78, 5) is 25.3. The summed E-state index contributed by atoms with van der Waals surface area (Å²) in [6, 6.07) is 1.35. The third-order valence-corrected chi connectivity index (χ3v) is 3.15. The van der Waals surface area contributed by atoms with E-state index in [0.29, 0.717) is 26.2 Å². The van der Waals surface area contributed by atoms with Crippen molar-refractivity contribution in [2.75, 3.05) is 26.8 Å². The van der Waals surface area contributed by atoms with E-state index in [0.717, 1.165) is 5.69 Å². The summed E-state index contributed by atoms with van der Waals surface area (Å²) in [5.74, 6) is -0.185. The maximum Gasteiger partial charge on any atom is 0.246 e. The van der Waals surface area contributed by atoms with Gasteiger partial charge in [-0.2, -0.15) is 5.10 Å². The van der Waals surface area contributed by atoms with E-state index < -0.39 is 6.04 Å². The lowest BCUT2D eigenvalue weighted by Crippen LogP contribution is -2.46. The van der Waals surface area contributed by atoms with E-state index in [1.54, 1.807) is 22.9 Å². The van der Waals surface area contributed by atoms with E-state index >= 15 is 0 Å². The predicted molar refractivity (Wildman–Crippen MR) is 67.2 cm³/mol. The Morgan fingerprint density at radius 3 is 3.05 bits per heavy atom. The first-order chi connectivity index (χ1) is 9.13. The highest BCUT2D eigenvalue weighted by Gasteiger charge is 2.31. The molecule has 0 aliphatic carbocycles. The lowest BCUT2D eigenvalue weighted by Gasteiger charge is -2.32. The largest absolute Gasteiger partial charge is 0.383 e. The fourth-order valence-corrected chi connectivity index (χ4v) is 2.12. The van der Waals surface area contributed by atoms with Gasteiger partial charge in [-0.15, -0.1) is 0 Å². The quantitative estimate of drug-likeness (QED) is 0.749. The molecule has 1 unspecified atom stereocenters. The van der Waals surface area contributed by atoms with E-state index in [9.17, 15) is 9.59 Å². The topological polar surface area (TPSA) is 76.5 Å². The van der Waals surface area contributed by atoms with Crippen molar-refractivity contribution >= 4 is 11.8 Å². The molecule has 1 aliphatic rings. The number of rotatable bonds is 4. The van der Waals surface area contributed by atoms with Crippen molar-refractivity contribution in [2.45, 2.75) is 19.5 Å². The molecule has 2 rings (SSSR count). The van der Waals surface area contributed by atoms with Gasteiger partial charge in [-0.05, 0) is 6.07 Å². The summed E-state index contributed by atoms with van der Waals surface area (Å²) in [5, 5.41) is 6.95. The lowest BCUT2D eigenvalue weighted by atomic mass is 10.1. The Bertz CT molecular complexity index is 471. The molecule has 104 valence electrons. The zero-order chi connectivity index (χ0) is 13.8. The molecule has 2 amide bonds. The molecule has 0 saturated heterocycles. The molecule has 7 nitrogen and oxygen atoms in total. The molecule has 0 fully saturated rings. The highest BCUT2D eigenvalue weighted by molar-refractivity contribution is 5.82. The Morgan fingerprint density at radius 2 is 2.37 bits per heavy atom. The van der Waals surface area contributed by atoms with Crippen LogP contribution in [0, 0.1) is 0 Å². The van der Waals surface area contributed by atoms with Crippen molar-refractivity contribution in [1.29, 1.82) is 0 Å². The van der Waals surface area contributed by atoms with Crippen LogP contribution in [0.15, 0.2) is 12.3 Å². The van der Waals surface area contributed by atoms with Crippen LogP contribution in [-0.2, 0) is 20.9 Å². The number of amides is 2. The number of hydrogen-bond donors (Lipinski definition) is 1. The smallest absolute Gasteiger partial charge is 0.246 e. The molecule has 0 bridgehead atoms. The van der Waals surface area contributed by atoms with Gasteiger partial charge in [0.1, 0.15) is 6.04 Å². The first-order valence-electron chi connectivity index (χ1n) is 6.18. The summed E-state index contributed by atoms with van der Waals surface area (Å²) in [5.41, 5.74) is 0.869. The predicted octanol–water partition coefficient (Wildman–Crippen LogP) is -0.451. The van der Waals surface area contributed by atoms with Gasteiger partial charge >= 0.3 is 0 Å². The van der Waals surface area contributed by atoms with Crippen molar-refractivity contribution in [3.8, 4) is 0 Å². The van der Waals surface area contributed by atoms with Crippen LogP contribution in [-0.4, -0.2) is 53.3 Å². The molecule has 1 aliphatic heterocycles. The molecule has 1 atom stereocenters. The number of nitrogens with zero attached hydrogens (tertiary/aromatic N) is 3. The van der Waals surface area contributed by atoms with Crippen LogP contribution in [0.2, 0.25) is 0 Å². The van der Waals surface area contributed by atoms with Crippen LogP contribution in [0.25, 0.3) is 0 Å². The normalized spacial score (nSPS) is 18.0. The number of nitrogens with one attached hydrogen (secondary N) is 1. The first-order valence-corrected chi connectivity index (χ1v) is 6.18. The molecule has 2 heterocycles. The third-order valence-electron chi connectivity index (χ3n) is 3.15. The van der Waals surface area contributed by atoms with E-state index in [2.05, 4.69) is 10.4 Å². The molecule has 0 radical (unpaired) electrons. The monoisotopic (exact) mass is 266 g/mol. The zero-order valence-corrected chi connectivity index (χ0v) is 11.1. The highest BCUT2D eigenvalue weighted by Crippen LogP contribution is 2.20. The number of carbonyl (C=O) groups is 2. The minimum Gasteiger partial charge on any atom is -0.383 e. The average Bonchev–Trinajstić information content (AvgIpc) is 2.85. The molecule has 1 aromatic rings. The molecule has 19 heavy (non-hydrogen) atoms. The van der Waals surface area contributed by atoms with Crippen molar-refractivity contribution in [3.63, 3.8) is 0 Å². The Labute approximate surface area is 111 Å². The summed E-state index contributed by atoms with van der Waals surface area (Å²) in [6.07, 6.45) is 1.65. The number of fused-ring (bicyclic) bond motifs is 1. The molecule has 7 heteroatoms. The zero-order valence-electron chi connectivity index (χ0n) is 11.1. The Kier molecular flexibility index (Phi) is 4.16. The Balaban J connectivity index is 2.11. The molecule has 0 saturated carbocycles. The molecular weight excluding hydrogens is 248 g/mol. The number of aromatic nitrogens is 2. The van der Waals surface area contributed by atoms with E-state index in [1.807, 2.05) is 6.07 Å². The van der Waals surface area contributed by atoms with Crippen LogP contribution < -0.4 is 5.32 Å². The molecule has 0 aromatic carbocycles. The summed E-state index contributed by atoms with van der Waals surface area (Å²) >= 11 is 0. The molecular formula is C12H18N4O3. The number of carbonyl (C=O) groups excluding carboxylic acids is 2. The van der Waals surface area contributed by atoms with Crippen molar-refractivity contribution in [1.82, 2.24) is 20.0 Å². The van der Waals surface area contributed by atoms with Crippen LogP contribution in [0.3, 0.4) is 0 Å². The minimum absolute atomic E-state index is 0.0397. The maximum atomic E-state index is 12.1. The van der Waals surface area contributed by atoms with Crippen molar-refractivity contribution in [3.05, 3.63) is 18.0 Å². The number of methoxy groups -OCH3 is 1. The second-order valence-corrected chi connectivity index (χ2v) is 4.47. The molecule has 0 spiro atoms. The molecule has 1 aromatic heterocycles. The lowest BCUT2D eigenvalue weighted by molar-refractivity contribution is -0.133. The minimum atomic E-state index is -0.473. The summed E-state index contributed by atoms with van der Waals surface area (Å²) in [6.45, 7) is 3.26. The van der Waals surface area contributed by atoms with Gasteiger partial charge in [0.05, 0.1) is 25.4 Å². The van der Waals surface area contributed by atoms with E-state index in [1.165, 1.54) is 6.92 Å². The summed E-state index contributed by atoms with van der Waals surface area (Å²) in [7, 11) is 1.58. The molecule has 1 N–H and O–H groups in total. The first kappa shape index (κ1) is 13.5. The number of hydrogen-bond acceptors (Lipinski definition) is 4. The van der Waals surface area contributed by atoms with Crippen LogP contribution >= 0.6 is 0 Å². The van der Waals surface area contributed by atoms with Crippen LogP contribution in [0.1, 0.15) is 18.7 Å². The van der Waals surface area contributed by atoms with Gasteiger partial charge in [-0.25, -0.2) is 0 Å². The van der Waals surface area contributed by atoms with Crippen molar-refractivity contribution < 1.29 is 14.3 Å². The second-order valence-electron chi connectivity index (χ2n) is 4.47. The maximum absolute atomic E-state index is 12.1. The van der Waals surface area contributed by atoms with Gasteiger partial charge in [0, 0.05) is 26.8 Å². The van der Waals surface area contributed by atoms with Gasteiger partial charge in [0.25, 0.3) is 0 Å². The summed E-state index contributed by atoms with van der Waals surface area (Å²) < 4.78 is 6.57. The van der Waals surface area contributed by atoms with Gasteiger partial charge in [-0.3, -0.25) is 14.3 Å². The fraction of sp³-hybridized carbons (Fsp3) is 0.583. The highest BCUT2D eigenvalue weighted by atomic mass is 16.5. The third kappa shape index (κ3) is 2.93. The number of ether oxygens (including phenoxy) is 1. The fourth-order valence-electron chi connectivity index (χ4n) is 2.12. The van der Waals surface area contributed by atoms with Gasteiger partial charge in [0.2, 0.25) is 11.8 Å². The van der Waals surface area contributed by atoms with E-state index in [4.69, 9.17) is 4.74 Å². The van der Waals surface area contributed by atoms with Gasteiger partial charge in [-0.1, -0.05) is 0 Å². The average molecular weight is 266 g/mol. The van der Waals surface area contributed by atoms with E-state index in [-0.39, 0.29) is 11.8 Å². The standard InChI is InChI=1S/C12H18N4O3/c1-9(17)15-7-10-3-4-14-16(10)11(8-15)12(18)13-5-6-19-2/h3-4,11H,5-8H2,1-2H3,(H,13,18). The van der Waals surface area contributed by atoms with Crippen LogP contribution in [0.5, 0.6) is 0 Å². The Morgan fingerprint density at radius 1 is 1.58 bits per heavy atom. The SMILES string of the molecule is COCCNC(=O)C1CN(C(C)=O)Cc2ccnn21.